The van der Waals surface area contributed by atoms with Crippen molar-refractivity contribution in [1.82, 2.24) is 4.90 Å². The number of carboxylic acids is 1. The first-order chi connectivity index (χ1) is 9.66. The zero-order valence-electron chi connectivity index (χ0n) is 11.6. The van der Waals surface area contributed by atoms with E-state index in [-0.39, 0.29) is 18.2 Å². The molecule has 108 valence electrons. The molecule has 0 radical (unpaired) electrons. The van der Waals surface area contributed by atoms with Crippen molar-refractivity contribution < 1.29 is 14.7 Å². The molecule has 0 aliphatic carbocycles. The van der Waals surface area contributed by atoms with Crippen LogP contribution in [0.5, 0.6) is 0 Å². The molecule has 1 aromatic carbocycles. The Hall–Kier alpha value is -1.84. The van der Waals surface area contributed by atoms with Gasteiger partial charge in [0.2, 0.25) is 5.91 Å². The summed E-state index contributed by atoms with van der Waals surface area (Å²) in [6.45, 7) is 1.46. The van der Waals surface area contributed by atoms with E-state index in [1.165, 1.54) is 5.56 Å². The number of likely N-dealkylation sites (tertiary alicyclic amines) is 1. The van der Waals surface area contributed by atoms with Gasteiger partial charge in [-0.1, -0.05) is 30.3 Å². The fraction of sp³-hybridized carbons (Fsp3) is 0.500. The molecule has 1 fully saturated rings. The number of hydrogen-bond donors (Lipinski definition) is 1. The van der Waals surface area contributed by atoms with Crippen LogP contribution in [0.1, 0.15) is 31.2 Å². The first-order valence-electron chi connectivity index (χ1n) is 7.21. The van der Waals surface area contributed by atoms with E-state index in [1.54, 1.807) is 0 Å². The average Bonchev–Trinajstić information content (AvgIpc) is 2.77. The Labute approximate surface area is 119 Å². The third-order valence-corrected chi connectivity index (χ3v) is 3.82. The van der Waals surface area contributed by atoms with Crippen molar-refractivity contribution in [3.8, 4) is 0 Å². The van der Waals surface area contributed by atoms with Gasteiger partial charge in [0.05, 0.1) is 12.3 Å². The van der Waals surface area contributed by atoms with E-state index in [2.05, 4.69) is 12.1 Å². The number of rotatable bonds is 7. The van der Waals surface area contributed by atoms with Crippen LogP contribution < -0.4 is 0 Å². The number of carbonyl (C=O) groups is 2. The fourth-order valence-corrected chi connectivity index (χ4v) is 2.70. The summed E-state index contributed by atoms with van der Waals surface area (Å²) < 4.78 is 0. The molecule has 4 heteroatoms. The van der Waals surface area contributed by atoms with Crippen LogP contribution in [0.2, 0.25) is 0 Å². The third kappa shape index (κ3) is 4.08. The van der Waals surface area contributed by atoms with Gasteiger partial charge in [-0.2, -0.15) is 0 Å². The van der Waals surface area contributed by atoms with Gasteiger partial charge in [-0.3, -0.25) is 9.59 Å². The van der Waals surface area contributed by atoms with Crippen LogP contribution in [0.4, 0.5) is 0 Å². The Bertz CT molecular complexity index is 458. The smallest absolute Gasteiger partial charge is 0.304 e. The van der Waals surface area contributed by atoms with E-state index in [4.69, 9.17) is 5.11 Å². The zero-order valence-corrected chi connectivity index (χ0v) is 11.6. The molecule has 0 aromatic heterocycles. The van der Waals surface area contributed by atoms with Crippen molar-refractivity contribution >= 4 is 11.9 Å². The van der Waals surface area contributed by atoms with Crippen LogP contribution in [-0.2, 0) is 16.0 Å². The molecular formula is C16H21NO3. The highest BCUT2D eigenvalue weighted by Crippen LogP contribution is 2.21. The van der Waals surface area contributed by atoms with Crippen LogP contribution in [0.25, 0.3) is 0 Å². The highest BCUT2D eigenvalue weighted by molar-refractivity contribution is 5.84. The van der Waals surface area contributed by atoms with E-state index < -0.39 is 5.97 Å². The number of unbranched alkanes of at least 4 members (excludes halogenated alkanes) is 1. The number of carbonyl (C=O) groups excluding carboxylic acids is 1. The Kier molecular flexibility index (Phi) is 5.16. The molecular weight excluding hydrogens is 254 g/mol. The molecule has 1 aliphatic heterocycles. The number of hydrogen-bond acceptors (Lipinski definition) is 2. The summed E-state index contributed by atoms with van der Waals surface area (Å²) in [7, 11) is 0. The third-order valence-electron chi connectivity index (χ3n) is 3.82. The van der Waals surface area contributed by atoms with Crippen LogP contribution >= 0.6 is 0 Å². The number of amides is 1. The Morgan fingerprint density at radius 2 is 2.00 bits per heavy atom. The van der Waals surface area contributed by atoms with Crippen LogP contribution in [0.3, 0.4) is 0 Å². The van der Waals surface area contributed by atoms with Gasteiger partial charge in [-0.25, -0.2) is 0 Å². The molecule has 4 nitrogen and oxygen atoms in total. The molecule has 1 atom stereocenters. The van der Waals surface area contributed by atoms with Crippen molar-refractivity contribution in [2.75, 3.05) is 13.1 Å². The van der Waals surface area contributed by atoms with Crippen molar-refractivity contribution in [2.24, 2.45) is 5.92 Å². The summed E-state index contributed by atoms with van der Waals surface area (Å²) in [4.78, 5) is 24.4. The fourth-order valence-electron chi connectivity index (χ4n) is 2.70. The van der Waals surface area contributed by atoms with E-state index in [0.717, 1.165) is 25.8 Å². The first kappa shape index (κ1) is 14.6. The second-order valence-corrected chi connectivity index (χ2v) is 5.35. The summed E-state index contributed by atoms with van der Waals surface area (Å²) in [6, 6.07) is 10.3. The molecule has 0 spiro atoms. The van der Waals surface area contributed by atoms with E-state index in [0.29, 0.717) is 13.0 Å². The van der Waals surface area contributed by atoms with Gasteiger partial charge in [-0.15, -0.1) is 0 Å². The molecule has 2 rings (SSSR count). The maximum Gasteiger partial charge on any atom is 0.304 e. The van der Waals surface area contributed by atoms with Crippen LogP contribution in [0, 0.1) is 5.92 Å². The van der Waals surface area contributed by atoms with Gasteiger partial charge in [0.25, 0.3) is 0 Å². The molecule has 1 amide bonds. The lowest BCUT2D eigenvalue weighted by Gasteiger charge is -2.16. The molecule has 1 aromatic rings. The lowest BCUT2D eigenvalue weighted by molar-refractivity contribution is -0.142. The van der Waals surface area contributed by atoms with Gasteiger partial charge in [0.1, 0.15) is 0 Å². The molecule has 1 aliphatic rings. The van der Waals surface area contributed by atoms with E-state index >= 15 is 0 Å². The highest BCUT2D eigenvalue weighted by Gasteiger charge is 2.32. The minimum Gasteiger partial charge on any atom is -0.481 e. The number of carboxylic acid groups (broad SMARTS) is 1. The number of aryl methyl sites for hydroxylation is 1. The second-order valence-electron chi connectivity index (χ2n) is 5.35. The number of benzene rings is 1. The second kappa shape index (κ2) is 7.08. The number of nitrogens with zero attached hydrogens (tertiary/aromatic N) is 1. The first-order valence-corrected chi connectivity index (χ1v) is 7.21. The maximum absolute atomic E-state index is 12.0. The van der Waals surface area contributed by atoms with Gasteiger partial charge in [0.15, 0.2) is 0 Å². The van der Waals surface area contributed by atoms with Gasteiger partial charge in [-0.05, 0) is 31.2 Å². The standard InChI is InChI=1S/C16H21NO3/c18-15(19)12-14-9-11-17(16(14)20)10-5-4-8-13-6-2-1-3-7-13/h1-3,6-7,14H,4-5,8-12H2,(H,18,19). The summed E-state index contributed by atoms with van der Waals surface area (Å²) in [6.07, 6.45) is 3.71. The highest BCUT2D eigenvalue weighted by atomic mass is 16.4. The lowest BCUT2D eigenvalue weighted by atomic mass is 10.0. The summed E-state index contributed by atoms with van der Waals surface area (Å²) in [5, 5.41) is 8.75. The van der Waals surface area contributed by atoms with Gasteiger partial charge >= 0.3 is 5.97 Å². The van der Waals surface area contributed by atoms with Crippen LogP contribution in [-0.4, -0.2) is 35.0 Å². The molecule has 1 saturated heterocycles. The minimum atomic E-state index is -0.880. The predicted octanol–water partition coefficient (Wildman–Crippen LogP) is 2.33. The Balaban J connectivity index is 1.67. The normalized spacial score (nSPS) is 18.5. The Morgan fingerprint density at radius 3 is 2.70 bits per heavy atom. The minimum absolute atomic E-state index is 0.0205. The zero-order chi connectivity index (χ0) is 14.4. The van der Waals surface area contributed by atoms with Gasteiger partial charge in [0, 0.05) is 13.1 Å². The molecule has 1 unspecified atom stereocenters. The molecule has 0 bridgehead atoms. The van der Waals surface area contributed by atoms with Crippen molar-refractivity contribution in [1.29, 1.82) is 0 Å². The summed E-state index contributed by atoms with van der Waals surface area (Å²) >= 11 is 0. The summed E-state index contributed by atoms with van der Waals surface area (Å²) in [5.41, 5.74) is 1.32. The topological polar surface area (TPSA) is 57.6 Å². The Morgan fingerprint density at radius 1 is 1.25 bits per heavy atom. The molecule has 1 heterocycles. The quantitative estimate of drug-likeness (QED) is 0.777. The lowest BCUT2D eigenvalue weighted by Crippen LogP contribution is -2.29. The van der Waals surface area contributed by atoms with E-state index in [9.17, 15) is 9.59 Å². The average molecular weight is 275 g/mol. The largest absolute Gasteiger partial charge is 0.481 e. The monoisotopic (exact) mass is 275 g/mol. The van der Waals surface area contributed by atoms with Gasteiger partial charge < -0.3 is 10.0 Å². The maximum atomic E-state index is 12.0. The molecule has 1 N–H and O–H groups in total. The molecule has 0 saturated carbocycles. The summed E-state index contributed by atoms with van der Waals surface area (Å²) in [5.74, 6) is -1.16. The van der Waals surface area contributed by atoms with Crippen molar-refractivity contribution in [3.63, 3.8) is 0 Å². The SMILES string of the molecule is O=C(O)CC1CCN(CCCCc2ccccc2)C1=O. The van der Waals surface area contributed by atoms with Crippen molar-refractivity contribution in [2.45, 2.75) is 32.1 Å². The molecule has 20 heavy (non-hydrogen) atoms. The van der Waals surface area contributed by atoms with Crippen molar-refractivity contribution in [3.05, 3.63) is 35.9 Å². The predicted molar refractivity (Wildman–Crippen MR) is 76.3 cm³/mol. The van der Waals surface area contributed by atoms with E-state index in [1.807, 2.05) is 23.1 Å². The number of aliphatic carboxylic acids is 1. The van der Waals surface area contributed by atoms with Crippen LogP contribution in [0.15, 0.2) is 30.3 Å².